The number of carbonyl (C=O) groups is 1. The van der Waals surface area contributed by atoms with Crippen LogP contribution in [0.25, 0.3) is 28.0 Å². The normalized spacial score (nSPS) is 16.2. The first-order chi connectivity index (χ1) is 19.4. The van der Waals surface area contributed by atoms with Gasteiger partial charge in [-0.15, -0.1) is 0 Å². The highest BCUT2D eigenvalue weighted by molar-refractivity contribution is 6.02. The first kappa shape index (κ1) is 28.0. The highest BCUT2D eigenvalue weighted by Crippen LogP contribution is 2.41. The van der Waals surface area contributed by atoms with Crippen molar-refractivity contribution < 1.29 is 22.4 Å². The fourth-order valence-electron chi connectivity index (χ4n) is 5.03. The number of carbonyl (C=O) groups excluding carboxylic acids is 1. The zero-order valence-electron chi connectivity index (χ0n) is 22.7. The molecule has 5 rings (SSSR count). The smallest absolute Gasteiger partial charge is 0.350 e. The molecule has 4 heterocycles. The molecule has 8 nitrogen and oxygen atoms in total. The van der Waals surface area contributed by atoms with E-state index in [4.69, 9.17) is 0 Å². The second-order valence-electron chi connectivity index (χ2n) is 10.7. The summed E-state index contributed by atoms with van der Waals surface area (Å²) in [6.07, 6.45) is -0.558. The summed E-state index contributed by atoms with van der Waals surface area (Å²) in [5.74, 6) is -0.0974. The van der Waals surface area contributed by atoms with Crippen molar-refractivity contribution in [1.82, 2.24) is 24.4 Å². The number of amides is 1. The van der Waals surface area contributed by atoms with E-state index < -0.39 is 29.7 Å². The second kappa shape index (κ2) is 10.5. The van der Waals surface area contributed by atoms with Crippen LogP contribution in [-0.4, -0.2) is 62.2 Å². The molecule has 1 aliphatic rings. The lowest BCUT2D eigenvalue weighted by Crippen LogP contribution is -2.55. The molecule has 1 saturated heterocycles. The molecule has 1 aromatic carbocycles. The van der Waals surface area contributed by atoms with Gasteiger partial charge in [-0.05, 0) is 25.1 Å². The number of hydrogen-bond acceptors (Lipinski definition) is 6. The van der Waals surface area contributed by atoms with Gasteiger partial charge in [0.2, 0.25) is 5.91 Å². The summed E-state index contributed by atoms with van der Waals surface area (Å²) in [4.78, 5) is 29.7. The molecule has 12 heteroatoms. The van der Waals surface area contributed by atoms with Crippen LogP contribution in [0.2, 0.25) is 0 Å². The topological polar surface area (TPSA) is 90.9 Å². The number of aromatic nitrogens is 4. The summed E-state index contributed by atoms with van der Waals surface area (Å²) < 4.78 is 57.0. The lowest BCUT2D eigenvalue weighted by atomic mass is 9.88. The maximum Gasteiger partial charge on any atom is 0.394 e. The Labute approximate surface area is 233 Å². The minimum atomic E-state index is -4.50. The zero-order valence-corrected chi connectivity index (χ0v) is 22.7. The average molecular weight is 566 g/mol. The summed E-state index contributed by atoms with van der Waals surface area (Å²) in [7, 11) is 0. The summed E-state index contributed by atoms with van der Waals surface area (Å²) in [6.45, 7) is 4.61. The maximum absolute atomic E-state index is 15.1. The first-order valence-electron chi connectivity index (χ1n) is 13.0. The van der Waals surface area contributed by atoms with Gasteiger partial charge in [0.25, 0.3) is 0 Å². The molecular weight excluding hydrogens is 538 g/mol. The number of nitrogens with zero attached hydrogens (tertiary/aromatic N) is 7. The Morgan fingerprint density at radius 2 is 1.85 bits per heavy atom. The van der Waals surface area contributed by atoms with Crippen molar-refractivity contribution in [2.75, 3.05) is 24.5 Å². The lowest BCUT2D eigenvalue weighted by molar-refractivity contribution is -0.215. The summed E-state index contributed by atoms with van der Waals surface area (Å²) in [5.41, 5.74) is -0.484. The Balaban J connectivity index is 1.55. The number of rotatable bonds is 5. The van der Waals surface area contributed by atoms with Gasteiger partial charge in [-0.1, -0.05) is 32.0 Å². The van der Waals surface area contributed by atoms with E-state index in [-0.39, 0.29) is 19.1 Å². The summed E-state index contributed by atoms with van der Waals surface area (Å²) >= 11 is 0. The molecule has 3 aromatic heterocycles. The molecule has 212 valence electrons. The molecule has 0 spiro atoms. The van der Waals surface area contributed by atoms with E-state index in [1.807, 2.05) is 11.8 Å². The van der Waals surface area contributed by atoms with E-state index in [9.17, 15) is 23.2 Å². The predicted octanol–water partition coefficient (Wildman–Crippen LogP) is 5.51. The first-order valence-corrected chi connectivity index (χ1v) is 13.0. The Kier molecular flexibility index (Phi) is 7.15. The molecule has 0 bridgehead atoms. The number of piperazine rings is 1. The molecule has 0 N–H and O–H groups in total. The van der Waals surface area contributed by atoms with E-state index in [0.29, 0.717) is 45.9 Å². The molecular formula is C29H27F4N7O. The maximum atomic E-state index is 15.1. The number of benzene rings is 1. The number of nitriles is 1. The van der Waals surface area contributed by atoms with Gasteiger partial charge in [-0.25, -0.2) is 19.3 Å². The van der Waals surface area contributed by atoms with Gasteiger partial charge in [0, 0.05) is 55.6 Å². The van der Waals surface area contributed by atoms with Crippen LogP contribution in [0.1, 0.15) is 32.8 Å². The predicted molar refractivity (Wildman–Crippen MR) is 145 cm³/mol. The van der Waals surface area contributed by atoms with Crippen molar-refractivity contribution >= 4 is 22.8 Å². The van der Waals surface area contributed by atoms with Crippen molar-refractivity contribution in [3.63, 3.8) is 0 Å². The van der Waals surface area contributed by atoms with Gasteiger partial charge in [-0.3, -0.25) is 9.36 Å². The van der Waals surface area contributed by atoms with Crippen LogP contribution >= 0.6 is 0 Å². The molecule has 1 fully saturated rings. The monoisotopic (exact) mass is 565 g/mol. The molecule has 41 heavy (non-hydrogen) atoms. The summed E-state index contributed by atoms with van der Waals surface area (Å²) in [6, 6.07) is 11.3. The third-order valence-electron chi connectivity index (χ3n) is 7.46. The van der Waals surface area contributed by atoms with Gasteiger partial charge in [0.05, 0.1) is 22.4 Å². The lowest BCUT2D eigenvalue weighted by Gasteiger charge is -2.41. The Hall–Kier alpha value is -4.53. The molecule has 4 aromatic rings. The van der Waals surface area contributed by atoms with E-state index in [1.165, 1.54) is 23.5 Å². The molecule has 1 amide bonds. The molecule has 0 unspecified atom stereocenters. The zero-order chi connectivity index (χ0) is 29.5. The minimum absolute atomic E-state index is 0.194. The number of fused-ring (bicyclic) bond motifs is 1. The number of alkyl halides is 3. The molecule has 0 saturated carbocycles. The highest BCUT2D eigenvalue weighted by Gasteiger charge is 2.49. The van der Waals surface area contributed by atoms with Crippen LogP contribution in [0.5, 0.6) is 0 Å². The largest absolute Gasteiger partial charge is 0.394 e. The third kappa shape index (κ3) is 5.19. The van der Waals surface area contributed by atoms with E-state index in [0.717, 1.165) is 13.8 Å². The average Bonchev–Trinajstić information content (AvgIpc) is 3.32. The molecule has 0 radical (unpaired) electrons. The van der Waals surface area contributed by atoms with Gasteiger partial charge in [0.1, 0.15) is 23.8 Å². The Morgan fingerprint density at radius 1 is 1.10 bits per heavy atom. The van der Waals surface area contributed by atoms with Crippen LogP contribution < -0.4 is 4.90 Å². The van der Waals surface area contributed by atoms with Crippen molar-refractivity contribution in [1.29, 1.82) is 5.26 Å². The number of halogens is 4. The van der Waals surface area contributed by atoms with Crippen molar-refractivity contribution in [3.05, 3.63) is 66.5 Å². The number of hydrogen-bond donors (Lipinski definition) is 0. The van der Waals surface area contributed by atoms with Gasteiger partial charge in [-0.2, -0.15) is 18.4 Å². The molecule has 0 aliphatic carbocycles. The number of pyridine rings is 1. The van der Waals surface area contributed by atoms with Gasteiger partial charge < -0.3 is 9.80 Å². The van der Waals surface area contributed by atoms with Crippen LogP contribution in [0.3, 0.4) is 0 Å². The number of anilines is 1. The highest BCUT2D eigenvalue weighted by atomic mass is 19.4. The van der Waals surface area contributed by atoms with Crippen LogP contribution in [0, 0.1) is 22.6 Å². The second-order valence-corrected chi connectivity index (χ2v) is 10.7. The van der Waals surface area contributed by atoms with Crippen LogP contribution in [-0.2, 0) is 4.79 Å². The van der Waals surface area contributed by atoms with E-state index in [2.05, 4.69) is 21.0 Å². The fraction of sp³-hybridized carbons (Fsp3) is 0.345. The molecule has 1 aliphatic heterocycles. The van der Waals surface area contributed by atoms with Gasteiger partial charge in [0.15, 0.2) is 5.65 Å². The third-order valence-corrected chi connectivity index (χ3v) is 7.46. The quantitative estimate of drug-likeness (QED) is 0.297. The molecule has 1 atom stereocenters. The summed E-state index contributed by atoms with van der Waals surface area (Å²) in [5, 5.41) is 9.94. The van der Waals surface area contributed by atoms with Crippen LogP contribution in [0.4, 0.5) is 23.4 Å². The van der Waals surface area contributed by atoms with Crippen molar-refractivity contribution in [2.45, 2.75) is 39.4 Å². The Morgan fingerprint density at radius 3 is 2.54 bits per heavy atom. The van der Waals surface area contributed by atoms with Gasteiger partial charge >= 0.3 is 6.18 Å². The Bertz CT molecular complexity index is 1660. The SMILES string of the molecule is C[C@H]1CN(C(=O)CC(C)(C)C(F)(F)F)CCN1c1ncnc2c1c(-c1ccccc1F)cn2-c1cc(C#N)ccn1. The standard InChI is InChI=1S/C29H27F4N7O/c1-18-15-38(24(41)13-28(2,3)29(31,32)33)10-11-39(18)26-25-21(20-6-4-5-7-22(20)30)16-40(27(25)37-17-36-26)23-12-19(14-34)8-9-35-23/h4-9,12,16-18H,10-11,13,15H2,1-3H3/t18-/m0/s1. The van der Waals surface area contributed by atoms with E-state index >= 15 is 4.39 Å². The van der Waals surface area contributed by atoms with Crippen LogP contribution in [0.15, 0.2) is 55.1 Å². The van der Waals surface area contributed by atoms with Crippen molar-refractivity contribution in [2.24, 2.45) is 5.41 Å². The minimum Gasteiger partial charge on any atom is -0.350 e. The van der Waals surface area contributed by atoms with Crippen molar-refractivity contribution in [3.8, 4) is 23.0 Å². The fourth-order valence-corrected chi connectivity index (χ4v) is 5.03. The van der Waals surface area contributed by atoms with E-state index in [1.54, 1.807) is 41.1 Å².